The molecule has 106 valence electrons. The molecular formula is C13H14ClN3O2S. The van der Waals surface area contributed by atoms with E-state index in [1.54, 1.807) is 29.2 Å². The molecule has 5 nitrogen and oxygen atoms in total. The summed E-state index contributed by atoms with van der Waals surface area (Å²) in [5.41, 5.74) is 0.656. The third-order valence-corrected chi connectivity index (χ3v) is 4.18. The van der Waals surface area contributed by atoms with E-state index in [2.05, 4.69) is 10.3 Å². The summed E-state index contributed by atoms with van der Waals surface area (Å²) in [6.45, 7) is 0. The van der Waals surface area contributed by atoms with E-state index in [9.17, 15) is 9.59 Å². The average Bonchev–Trinajstić information content (AvgIpc) is 2.74. The SMILES string of the molecule is CN(C)C1=NC(=O)[C@H](CC(=O)Nc2ccc(Cl)cc2)S1. The Kier molecular flexibility index (Phi) is 4.67. The van der Waals surface area contributed by atoms with E-state index in [0.717, 1.165) is 0 Å². The Morgan fingerprint density at radius 3 is 2.60 bits per heavy atom. The molecule has 0 fully saturated rings. The van der Waals surface area contributed by atoms with Gasteiger partial charge >= 0.3 is 0 Å². The largest absolute Gasteiger partial charge is 0.357 e. The molecule has 0 aliphatic carbocycles. The molecule has 0 unspecified atom stereocenters. The molecule has 2 amide bonds. The van der Waals surface area contributed by atoms with Crippen LogP contribution in [-0.4, -0.2) is 41.2 Å². The maximum absolute atomic E-state index is 11.9. The van der Waals surface area contributed by atoms with Crippen LogP contribution < -0.4 is 5.32 Å². The average molecular weight is 312 g/mol. The lowest BCUT2D eigenvalue weighted by Gasteiger charge is -2.11. The van der Waals surface area contributed by atoms with Crippen LogP contribution in [0.1, 0.15) is 6.42 Å². The number of nitrogens with zero attached hydrogens (tertiary/aromatic N) is 2. The van der Waals surface area contributed by atoms with E-state index in [4.69, 9.17) is 11.6 Å². The van der Waals surface area contributed by atoms with Crippen LogP contribution in [-0.2, 0) is 9.59 Å². The molecule has 1 heterocycles. The quantitative estimate of drug-likeness (QED) is 0.930. The van der Waals surface area contributed by atoms with Crippen molar-refractivity contribution in [2.75, 3.05) is 19.4 Å². The van der Waals surface area contributed by atoms with Crippen LogP contribution in [0.5, 0.6) is 0 Å². The number of hydrogen-bond acceptors (Lipinski definition) is 4. The third kappa shape index (κ3) is 3.74. The van der Waals surface area contributed by atoms with E-state index in [0.29, 0.717) is 15.9 Å². The molecule has 1 atom stereocenters. The molecule has 1 N–H and O–H groups in total. The molecule has 2 rings (SSSR count). The van der Waals surface area contributed by atoms with Crippen molar-refractivity contribution in [1.29, 1.82) is 0 Å². The molecule has 0 saturated carbocycles. The highest BCUT2D eigenvalue weighted by molar-refractivity contribution is 8.15. The van der Waals surface area contributed by atoms with Gasteiger partial charge in [-0.3, -0.25) is 9.59 Å². The number of aliphatic imine (C=N–C) groups is 1. The Labute approximate surface area is 126 Å². The molecule has 0 saturated heterocycles. The second kappa shape index (κ2) is 6.28. The van der Waals surface area contributed by atoms with Crippen LogP contribution in [0.4, 0.5) is 5.69 Å². The summed E-state index contributed by atoms with van der Waals surface area (Å²) in [4.78, 5) is 29.3. The lowest BCUT2D eigenvalue weighted by atomic mass is 10.2. The number of thioether (sulfide) groups is 1. The number of hydrogen-bond donors (Lipinski definition) is 1. The fourth-order valence-electron chi connectivity index (χ4n) is 1.62. The fraction of sp³-hybridized carbons (Fsp3) is 0.308. The first kappa shape index (κ1) is 14.9. The zero-order valence-electron chi connectivity index (χ0n) is 11.1. The van der Waals surface area contributed by atoms with Crippen molar-refractivity contribution in [3.8, 4) is 0 Å². The molecule has 0 radical (unpaired) electrons. The molecule has 0 aromatic heterocycles. The number of carbonyl (C=O) groups is 2. The topological polar surface area (TPSA) is 61.8 Å². The normalized spacial score (nSPS) is 17.9. The van der Waals surface area contributed by atoms with Crippen molar-refractivity contribution in [2.24, 2.45) is 4.99 Å². The number of halogens is 1. The van der Waals surface area contributed by atoms with Gasteiger partial charge in [0.05, 0.1) is 0 Å². The highest BCUT2D eigenvalue weighted by Gasteiger charge is 2.31. The van der Waals surface area contributed by atoms with E-state index in [-0.39, 0.29) is 18.2 Å². The summed E-state index contributed by atoms with van der Waals surface area (Å²) >= 11 is 7.08. The zero-order valence-corrected chi connectivity index (χ0v) is 12.7. The van der Waals surface area contributed by atoms with Gasteiger partial charge in [0, 0.05) is 31.2 Å². The van der Waals surface area contributed by atoms with E-state index < -0.39 is 5.25 Å². The van der Waals surface area contributed by atoms with Crippen LogP contribution in [0, 0.1) is 0 Å². The Balaban J connectivity index is 1.90. The Morgan fingerprint density at radius 2 is 2.05 bits per heavy atom. The first-order valence-corrected chi connectivity index (χ1v) is 7.23. The fourth-order valence-corrected chi connectivity index (χ4v) is 2.74. The molecule has 7 heteroatoms. The standard InChI is InChI=1S/C13H14ClN3O2S/c1-17(2)13-16-12(19)10(20-13)7-11(18)15-9-5-3-8(14)4-6-9/h3-6,10H,7H2,1-2H3,(H,15,18)/t10-/m0/s1. The van der Waals surface area contributed by atoms with E-state index >= 15 is 0 Å². The van der Waals surface area contributed by atoms with Gasteiger partial charge in [-0.2, -0.15) is 4.99 Å². The second-order valence-electron chi connectivity index (χ2n) is 4.49. The predicted molar refractivity (Wildman–Crippen MR) is 82.2 cm³/mol. The lowest BCUT2D eigenvalue weighted by molar-refractivity contribution is -0.121. The minimum absolute atomic E-state index is 0.104. The van der Waals surface area contributed by atoms with Crippen LogP contribution in [0.2, 0.25) is 5.02 Å². The molecule has 1 aromatic carbocycles. The third-order valence-electron chi connectivity index (χ3n) is 2.61. The highest BCUT2D eigenvalue weighted by atomic mass is 35.5. The maximum Gasteiger partial charge on any atom is 0.262 e. The molecule has 1 aliphatic rings. The van der Waals surface area contributed by atoms with Gasteiger partial charge in [0.25, 0.3) is 5.91 Å². The predicted octanol–water partition coefficient (Wildman–Crippen LogP) is 2.23. The van der Waals surface area contributed by atoms with Gasteiger partial charge in [-0.25, -0.2) is 0 Å². The molecule has 0 spiro atoms. The van der Waals surface area contributed by atoms with Gasteiger partial charge in [-0.1, -0.05) is 23.4 Å². The van der Waals surface area contributed by atoms with Crippen molar-refractivity contribution in [3.63, 3.8) is 0 Å². The van der Waals surface area contributed by atoms with Crippen molar-refractivity contribution < 1.29 is 9.59 Å². The van der Waals surface area contributed by atoms with Gasteiger partial charge < -0.3 is 10.2 Å². The molecular weight excluding hydrogens is 298 g/mol. The molecule has 1 aromatic rings. The second-order valence-corrected chi connectivity index (χ2v) is 6.10. The first-order valence-electron chi connectivity index (χ1n) is 5.97. The Morgan fingerprint density at radius 1 is 1.40 bits per heavy atom. The smallest absolute Gasteiger partial charge is 0.262 e. The van der Waals surface area contributed by atoms with Crippen molar-refractivity contribution >= 4 is 46.0 Å². The summed E-state index contributed by atoms with van der Waals surface area (Å²) in [6.07, 6.45) is 0.104. The minimum Gasteiger partial charge on any atom is -0.357 e. The Hall–Kier alpha value is -1.53. The maximum atomic E-state index is 11.9. The van der Waals surface area contributed by atoms with Crippen molar-refractivity contribution in [2.45, 2.75) is 11.7 Å². The van der Waals surface area contributed by atoms with Crippen LogP contribution in [0.15, 0.2) is 29.3 Å². The van der Waals surface area contributed by atoms with Crippen LogP contribution in [0.25, 0.3) is 0 Å². The summed E-state index contributed by atoms with van der Waals surface area (Å²) in [5, 5.41) is 3.53. The van der Waals surface area contributed by atoms with Crippen LogP contribution >= 0.6 is 23.4 Å². The van der Waals surface area contributed by atoms with Gasteiger partial charge in [0.1, 0.15) is 5.25 Å². The number of nitrogens with one attached hydrogen (secondary N) is 1. The summed E-state index contributed by atoms with van der Waals surface area (Å²) in [5.74, 6) is -0.474. The molecule has 20 heavy (non-hydrogen) atoms. The van der Waals surface area contributed by atoms with Gasteiger partial charge in [-0.15, -0.1) is 0 Å². The lowest BCUT2D eigenvalue weighted by Crippen LogP contribution is -2.22. The number of amides is 2. The van der Waals surface area contributed by atoms with E-state index in [1.165, 1.54) is 11.8 Å². The molecule has 1 aliphatic heterocycles. The van der Waals surface area contributed by atoms with Gasteiger partial charge in [0.2, 0.25) is 5.91 Å². The number of anilines is 1. The highest BCUT2D eigenvalue weighted by Crippen LogP contribution is 2.26. The Bertz CT molecular complexity index is 557. The molecule has 0 bridgehead atoms. The number of amidine groups is 1. The van der Waals surface area contributed by atoms with E-state index in [1.807, 2.05) is 14.1 Å². The number of benzene rings is 1. The summed E-state index contributed by atoms with van der Waals surface area (Å²) in [7, 11) is 3.63. The monoisotopic (exact) mass is 311 g/mol. The van der Waals surface area contributed by atoms with Crippen LogP contribution in [0.3, 0.4) is 0 Å². The minimum atomic E-state index is -0.445. The first-order chi connectivity index (χ1) is 9.45. The summed E-state index contributed by atoms with van der Waals surface area (Å²) < 4.78 is 0. The van der Waals surface area contributed by atoms with Gasteiger partial charge in [0.15, 0.2) is 5.17 Å². The van der Waals surface area contributed by atoms with Gasteiger partial charge in [-0.05, 0) is 24.3 Å². The zero-order chi connectivity index (χ0) is 14.7. The van der Waals surface area contributed by atoms with Crippen molar-refractivity contribution in [3.05, 3.63) is 29.3 Å². The number of rotatable bonds is 3. The number of carbonyl (C=O) groups excluding carboxylic acids is 2. The van der Waals surface area contributed by atoms with Crippen molar-refractivity contribution in [1.82, 2.24) is 4.90 Å². The summed E-state index contributed by atoms with van der Waals surface area (Å²) in [6, 6.07) is 6.82.